The molecule has 0 aromatic rings. The van der Waals surface area contributed by atoms with E-state index in [1.807, 2.05) is 0 Å². The number of nitrogens with one attached hydrogen (secondary N) is 1. The van der Waals surface area contributed by atoms with Crippen LogP contribution in [-0.4, -0.2) is 18.3 Å². The molecule has 0 aromatic heterocycles. The highest BCUT2D eigenvalue weighted by atomic mass is 16.3. The molecular weight excluding hydrogens is 104 g/mol. The van der Waals surface area contributed by atoms with E-state index in [0.29, 0.717) is 0 Å². The molecule has 8 heavy (non-hydrogen) atoms. The number of nitrogens with two attached hydrogens (primary N) is 1. The maximum absolute atomic E-state index is 8.59. The summed E-state index contributed by atoms with van der Waals surface area (Å²) in [4.78, 5) is 0. The molecule has 48 valence electrons. The molecule has 0 heterocycles. The molecule has 0 bridgehead atoms. The standard InChI is InChI=1S/C5H12N2O/c1-4(8)3-5(6)7-2/h3,5,7-8H,6H2,1-2H3/b4-3-. The first kappa shape index (κ1) is 7.46. The normalized spacial score (nSPS) is 16.1. The fourth-order valence-electron chi connectivity index (χ4n) is 0.343. The van der Waals surface area contributed by atoms with E-state index < -0.39 is 0 Å². The number of allylic oxidation sites excluding steroid dienone is 1. The predicted molar refractivity (Wildman–Crippen MR) is 33.4 cm³/mol. The first-order valence-corrected chi connectivity index (χ1v) is 2.47. The molecule has 0 aromatic carbocycles. The van der Waals surface area contributed by atoms with Crippen LogP contribution in [0.2, 0.25) is 0 Å². The molecule has 4 N–H and O–H groups in total. The fraction of sp³-hybridized carbons (Fsp3) is 0.600. The van der Waals surface area contributed by atoms with Crippen LogP contribution in [0.15, 0.2) is 11.8 Å². The third-order valence-corrected chi connectivity index (χ3v) is 0.754. The van der Waals surface area contributed by atoms with Gasteiger partial charge in [0.2, 0.25) is 0 Å². The minimum atomic E-state index is -0.236. The summed E-state index contributed by atoms with van der Waals surface area (Å²) in [5.41, 5.74) is 5.33. The van der Waals surface area contributed by atoms with Gasteiger partial charge in [0.25, 0.3) is 0 Å². The second-order valence-corrected chi connectivity index (χ2v) is 1.62. The van der Waals surface area contributed by atoms with Crippen LogP contribution in [0.5, 0.6) is 0 Å². The highest BCUT2D eigenvalue weighted by Gasteiger charge is 1.89. The van der Waals surface area contributed by atoms with Crippen molar-refractivity contribution < 1.29 is 5.11 Å². The van der Waals surface area contributed by atoms with E-state index in [0.717, 1.165) is 0 Å². The number of hydrogen-bond donors (Lipinski definition) is 3. The monoisotopic (exact) mass is 116 g/mol. The Bertz CT molecular complexity index is 86.4. The van der Waals surface area contributed by atoms with Gasteiger partial charge in [0.1, 0.15) is 0 Å². The van der Waals surface area contributed by atoms with Gasteiger partial charge < -0.3 is 16.2 Å². The first-order chi connectivity index (χ1) is 3.66. The van der Waals surface area contributed by atoms with E-state index in [2.05, 4.69) is 5.32 Å². The first-order valence-electron chi connectivity index (χ1n) is 2.47. The summed E-state index contributed by atoms with van der Waals surface area (Å²) in [6.45, 7) is 1.58. The zero-order valence-corrected chi connectivity index (χ0v) is 5.18. The summed E-state index contributed by atoms with van der Waals surface area (Å²) in [5.74, 6) is 0.242. The van der Waals surface area contributed by atoms with Crippen LogP contribution < -0.4 is 11.1 Å². The molecule has 0 rings (SSSR count). The largest absolute Gasteiger partial charge is 0.513 e. The molecule has 1 unspecified atom stereocenters. The van der Waals surface area contributed by atoms with Gasteiger partial charge in [-0.05, 0) is 20.0 Å². The van der Waals surface area contributed by atoms with Crippen LogP contribution in [0, 0.1) is 0 Å². The Morgan fingerprint density at radius 1 is 1.88 bits per heavy atom. The summed E-state index contributed by atoms with van der Waals surface area (Å²) in [6.07, 6.45) is 1.29. The van der Waals surface area contributed by atoms with Gasteiger partial charge in [0.15, 0.2) is 0 Å². The summed E-state index contributed by atoms with van der Waals surface area (Å²) in [7, 11) is 1.73. The third-order valence-electron chi connectivity index (χ3n) is 0.754. The lowest BCUT2D eigenvalue weighted by Crippen LogP contribution is -2.32. The maximum Gasteiger partial charge on any atom is 0.0880 e. The van der Waals surface area contributed by atoms with Crippen molar-refractivity contribution >= 4 is 0 Å². The molecule has 0 aliphatic heterocycles. The van der Waals surface area contributed by atoms with Crippen molar-refractivity contribution in [1.29, 1.82) is 0 Å². The Morgan fingerprint density at radius 2 is 2.38 bits per heavy atom. The molecule has 0 aliphatic rings. The lowest BCUT2D eigenvalue weighted by atomic mass is 10.4. The number of likely N-dealkylation sites (N-methyl/N-ethyl adjacent to an activating group) is 1. The van der Waals surface area contributed by atoms with E-state index in [9.17, 15) is 0 Å². The second-order valence-electron chi connectivity index (χ2n) is 1.62. The Labute approximate surface area is 49.2 Å². The Kier molecular flexibility index (Phi) is 3.23. The van der Waals surface area contributed by atoms with Gasteiger partial charge in [-0.1, -0.05) is 0 Å². The van der Waals surface area contributed by atoms with Crippen LogP contribution >= 0.6 is 0 Å². The second kappa shape index (κ2) is 3.46. The van der Waals surface area contributed by atoms with Crippen LogP contribution in [0.4, 0.5) is 0 Å². The molecule has 0 radical (unpaired) electrons. The van der Waals surface area contributed by atoms with Crippen molar-refractivity contribution in [3.05, 3.63) is 11.8 Å². The SMILES string of the molecule is CNC(N)/C=C(/C)O. The number of aliphatic hydroxyl groups is 1. The summed E-state index contributed by atoms with van der Waals surface area (Å²) in [6, 6.07) is 0. The van der Waals surface area contributed by atoms with Gasteiger partial charge in [0.05, 0.1) is 11.9 Å². The molecule has 0 spiro atoms. The highest BCUT2D eigenvalue weighted by Crippen LogP contribution is 1.83. The van der Waals surface area contributed by atoms with Gasteiger partial charge in [-0.25, -0.2) is 0 Å². The van der Waals surface area contributed by atoms with E-state index in [-0.39, 0.29) is 11.9 Å². The van der Waals surface area contributed by atoms with Crippen molar-refractivity contribution in [3.63, 3.8) is 0 Å². The molecule has 0 fully saturated rings. The summed E-state index contributed by atoms with van der Waals surface area (Å²) >= 11 is 0. The zero-order valence-electron chi connectivity index (χ0n) is 5.18. The Morgan fingerprint density at radius 3 is 2.50 bits per heavy atom. The average molecular weight is 116 g/mol. The van der Waals surface area contributed by atoms with Gasteiger partial charge >= 0.3 is 0 Å². The molecule has 0 saturated heterocycles. The third kappa shape index (κ3) is 3.64. The van der Waals surface area contributed by atoms with Gasteiger partial charge in [-0.2, -0.15) is 0 Å². The van der Waals surface area contributed by atoms with E-state index >= 15 is 0 Å². The van der Waals surface area contributed by atoms with Crippen molar-refractivity contribution in [2.24, 2.45) is 5.73 Å². The van der Waals surface area contributed by atoms with Gasteiger partial charge in [-0.15, -0.1) is 0 Å². The van der Waals surface area contributed by atoms with Crippen LogP contribution in [0.25, 0.3) is 0 Å². The molecule has 3 nitrogen and oxygen atoms in total. The number of hydrogen-bond acceptors (Lipinski definition) is 3. The molecule has 3 heteroatoms. The minimum absolute atomic E-state index is 0.236. The number of aliphatic hydroxyl groups excluding tert-OH is 1. The topological polar surface area (TPSA) is 58.3 Å². The minimum Gasteiger partial charge on any atom is -0.513 e. The molecular formula is C5H12N2O. The quantitative estimate of drug-likeness (QED) is 0.350. The van der Waals surface area contributed by atoms with Crippen LogP contribution in [0.1, 0.15) is 6.92 Å². The smallest absolute Gasteiger partial charge is 0.0880 e. The van der Waals surface area contributed by atoms with Gasteiger partial charge in [-0.3, -0.25) is 0 Å². The maximum atomic E-state index is 8.59. The summed E-state index contributed by atoms with van der Waals surface area (Å²) < 4.78 is 0. The van der Waals surface area contributed by atoms with Gasteiger partial charge in [0, 0.05) is 0 Å². The lowest BCUT2D eigenvalue weighted by Gasteiger charge is -2.01. The molecule has 0 aliphatic carbocycles. The zero-order chi connectivity index (χ0) is 6.57. The van der Waals surface area contributed by atoms with Crippen molar-refractivity contribution in [3.8, 4) is 0 Å². The van der Waals surface area contributed by atoms with E-state index in [1.165, 1.54) is 6.08 Å². The number of rotatable bonds is 2. The predicted octanol–water partition coefficient (Wildman–Crippen LogP) is -0.0476. The van der Waals surface area contributed by atoms with Crippen LogP contribution in [0.3, 0.4) is 0 Å². The Balaban J connectivity index is 3.51. The summed E-state index contributed by atoms with van der Waals surface area (Å²) in [5, 5.41) is 11.3. The molecule has 1 atom stereocenters. The van der Waals surface area contributed by atoms with Crippen LogP contribution in [-0.2, 0) is 0 Å². The average Bonchev–Trinajstić information content (AvgIpc) is 1.65. The molecule has 0 saturated carbocycles. The van der Waals surface area contributed by atoms with E-state index in [4.69, 9.17) is 10.8 Å². The van der Waals surface area contributed by atoms with Crippen molar-refractivity contribution in [2.75, 3.05) is 7.05 Å². The Hall–Kier alpha value is -0.540. The van der Waals surface area contributed by atoms with Crippen molar-refractivity contribution in [2.45, 2.75) is 13.1 Å². The van der Waals surface area contributed by atoms with Crippen molar-refractivity contribution in [1.82, 2.24) is 5.32 Å². The lowest BCUT2D eigenvalue weighted by molar-refractivity contribution is 0.407. The highest BCUT2D eigenvalue weighted by molar-refractivity contribution is 4.92. The fourth-order valence-corrected chi connectivity index (χ4v) is 0.343. The molecule has 0 amide bonds. The van der Waals surface area contributed by atoms with E-state index in [1.54, 1.807) is 14.0 Å².